The number of rotatable bonds is 3. The third-order valence-corrected chi connectivity index (χ3v) is 12.5. The first kappa shape index (κ1) is 32.9. The summed E-state index contributed by atoms with van der Waals surface area (Å²) in [5.41, 5.74) is 4.08. The van der Waals surface area contributed by atoms with Crippen LogP contribution in [0, 0.1) is 0 Å². The molecule has 0 aliphatic carbocycles. The Balaban J connectivity index is 1.06. The molecule has 5 nitrogen and oxygen atoms in total. The van der Waals surface area contributed by atoms with Gasteiger partial charge in [-0.05, 0) is 121 Å². The maximum atomic E-state index is 5.18. The summed E-state index contributed by atoms with van der Waals surface area (Å²) in [6, 6.07) is 59.2. The second kappa shape index (κ2) is 12.7. The molecule has 0 saturated carbocycles. The van der Waals surface area contributed by atoms with Crippen molar-refractivity contribution in [1.29, 1.82) is 0 Å². The highest BCUT2D eigenvalue weighted by Gasteiger charge is 2.21. The summed E-state index contributed by atoms with van der Waals surface area (Å²) in [7, 11) is 0. The van der Waals surface area contributed by atoms with Gasteiger partial charge in [-0.25, -0.2) is 24.9 Å². The molecule has 0 spiro atoms. The lowest BCUT2D eigenvalue weighted by Gasteiger charge is -2.19. The van der Waals surface area contributed by atoms with E-state index in [1.807, 2.05) is 12.4 Å². The van der Waals surface area contributed by atoms with E-state index in [9.17, 15) is 0 Å². The van der Waals surface area contributed by atoms with Gasteiger partial charge in [0.15, 0.2) is 11.6 Å². The summed E-state index contributed by atoms with van der Waals surface area (Å²) in [4.78, 5) is 23.6. The van der Waals surface area contributed by atoms with Gasteiger partial charge >= 0.3 is 0 Å². The molecule has 0 radical (unpaired) electrons. The van der Waals surface area contributed by atoms with E-state index in [4.69, 9.17) is 9.97 Å². The second-order valence-electron chi connectivity index (χ2n) is 15.6. The zero-order chi connectivity index (χ0) is 39.3. The van der Waals surface area contributed by atoms with Crippen molar-refractivity contribution in [3.63, 3.8) is 0 Å². The molecule has 2 heterocycles. The molecule has 276 valence electrons. The topological polar surface area (TPSA) is 64.5 Å². The first-order valence-corrected chi connectivity index (χ1v) is 20.2. The van der Waals surface area contributed by atoms with Crippen molar-refractivity contribution in [1.82, 2.24) is 24.9 Å². The van der Waals surface area contributed by atoms with Gasteiger partial charge in [-0.3, -0.25) is 0 Å². The third-order valence-electron chi connectivity index (χ3n) is 12.5. The lowest BCUT2D eigenvalue weighted by Crippen LogP contribution is -1.95. The maximum Gasteiger partial charge on any atom is 0.163 e. The summed E-state index contributed by atoms with van der Waals surface area (Å²) in [6.45, 7) is 0. The van der Waals surface area contributed by atoms with E-state index in [2.05, 4.69) is 179 Å². The highest BCUT2D eigenvalue weighted by Crippen LogP contribution is 2.47. The van der Waals surface area contributed by atoms with Crippen LogP contribution in [0.3, 0.4) is 0 Å². The van der Waals surface area contributed by atoms with Crippen LogP contribution in [-0.4, -0.2) is 24.9 Å². The smallest absolute Gasteiger partial charge is 0.163 e. The molecule has 2 aromatic heterocycles. The van der Waals surface area contributed by atoms with Gasteiger partial charge in [0.05, 0.1) is 0 Å². The van der Waals surface area contributed by atoms with Crippen molar-refractivity contribution in [3.05, 3.63) is 189 Å². The Hall–Kier alpha value is -8.15. The van der Waals surface area contributed by atoms with Crippen LogP contribution in [0.1, 0.15) is 0 Å². The van der Waals surface area contributed by atoms with E-state index in [-0.39, 0.29) is 0 Å². The van der Waals surface area contributed by atoms with E-state index in [1.165, 1.54) is 75.4 Å². The number of hydrogen-bond acceptors (Lipinski definition) is 5. The monoisotopic (exact) mass is 761 g/mol. The number of aromatic nitrogens is 5. The highest BCUT2D eigenvalue weighted by molar-refractivity contribution is 6.38. The molecule has 60 heavy (non-hydrogen) atoms. The van der Waals surface area contributed by atoms with Crippen molar-refractivity contribution in [2.75, 3.05) is 0 Å². The molecule has 0 aliphatic heterocycles. The standard InChI is InChI=1S/C55H31N5/c1-2-15-35-33(13-1)34-14-5-9-21-41(34)51-42-22-10-7-19-39(42)49(26-46(35)51)54-57-28-32(29-58-54)45-25-47-36-16-3-4-17-37(36)48-27-50(55-59-30-56-31-60-55)40-20-8-12-24-44(40)53(48)52(47)43-23-11-6-18-38(43)45/h1-31H. The molecule has 5 heteroatoms. The fraction of sp³-hybridized carbons (Fsp3) is 0. The number of benzene rings is 11. The van der Waals surface area contributed by atoms with E-state index in [0.29, 0.717) is 11.6 Å². The Morgan fingerprint density at radius 3 is 1.02 bits per heavy atom. The second-order valence-corrected chi connectivity index (χ2v) is 15.6. The normalized spacial score (nSPS) is 12.0. The van der Waals surface area contributed by atoms with Crippen LogP contribution in [0.5, 0.6) is 0 Å². The molecule has 0 bridgehead atoms. The molecule has 0 N–H and O–H groups in total. The van der Waals surface area contributed by atoms with Crippen molar-refractivity contribution in [2.24, 2.45) is 0 Å². The van der Waals surface area contributed by atoms with Crippen molar-refractivity contribution in [3.8, 4) is 33.9 Å². The van der Waals surface area contributed by atoms with E-state index in [0.717, 1.165) is 43.8 Å². The van der Waals surface area contributed by atoms with Crippen LogP contribution < -0.4 is 0 Å². The third kappa shape index (κ3) is 4.66. The summed E-state index contributed by atoms with van der Waals surface area (Å²) in [6.07, 6.45) is 7.15. The first-order valence-electron chi connectivity index (χ1n) is 20.2. The Morgan fingerprint density at radius 2 is 0.550 bits per heavy atom. The minimum Gasteiger partial charge on any atom is -0.236 e. The quantitative estimate of drug-likeness (QED) is 0.168. The lowest BCUT2D eigenvalue weighted by molar-refractivity contribution is 1.06. The van der Waals surface area contributed by atoms with Gasteiger partial charge in [0.2, 0.25) is 0 Å². The van der Waals surface area contributed by atoms with Crippen LogP contribution in [0.15, 0.2) is 189 Å². The van der Waals surface area contributed by atoms with Gasteiger partial charge in [-0.1, -0.05) is 146 Å². The summed E-state index contributed by atoms with van der Waals surface area (Å²) >= 11 is 0. The van der Waals surface area contributed by atoms with Crippen LogP contribution in [0.25, 0.3) is 131 Å². The fourth-order valence-electron chi connectivity index (χ4n) is 10.0. The summed E-state index contributed by atoms with van der Waals surface area (Å²) < 4.78 is 0. The van der Waals surface area contributed by atoms with Gasteiger partial charge in [0, 0.05) is 29.1 Å². The average molecular weight is 762 g/mol. The summed E-state index contributed by atoms with van der Waals surface area (Å²) in [5, 5.41) is 21.6. The average Bonchev–Trinajstić information content (AvgIpc) is 3.33. The van der Waals surface area contributed by atoms with Gasteiger partial charge in [0.25, 0.3) is 0 Å². The van der Waals surface area contributed by atoms with Crippen LogP contribution >= 0.6 is 0 Å². The molecule has 13 aromatic rings. The summed E-state index contributed by atoms with van der Waals surface area (Å²) in [5.74, 6) is 1.37. The van der Waals surface area contributed by atoms with Crippen molar-refractivity contribution >= 4 is 97.0 Å². The predicted molar refractivity (Wildman–Crippen MR) is 249 cm³/mol. The maximum absolute atomic E-state index is 5.18. The minimum atomic E-state index is 0.662. The predicted octanol–water partition coefficient (Wildman–Crippen LogP) is 14.0. The Morgan fingerprint density at radius 1 is 0.250 bits per heavy atom. The molecule has 13 rings (SSSR count). The highest BCUT2D eigenvalue weighted by atomic mass is 15.0. The zero-order valence-corrected chi connectivity index (χ0v) is 32.1. The van der Waals surface area contributed by atoms with Gasteiger partial charge in [-0.15, -0.1) is 0 Å². The molecule has 0 amide bonds. The first-order chi connectivity index (χ1) is 29.8. The molecule has 0 unspecified atom stereocenters. The van der Waals surface area contributed by atoms with Gasteiger partial charge in [0.1, 0.15) is 12.7 Å². The fourth-order valence-corrected chi connectivity index (χ4v) is 10.0. The largest absolute Gasteiger partial charge is 0.236 e. The SMILES string of the molecule is c1ccc2c(c1)c(-c1ncc(-c3cc4c5ccccc5c5cc(-c6ncncn6)c6ccccc6c5c4c4ccccc34)cn1)cc1c3ccccc3c3ccccc3c21. The molecular weight excluding hydrogens is 731 g/mol. The van der Waals surface area contributed by atoms with Crippen molar-refractivity contribution in [2.45, 2.75) is 0 Å². The molecule has 0 atom stereocenters. The molecular formula is C55H31N5. The molecule has 0 saturated heterocycles. The van der Waals surface area contributed by atoms with Crippen molar-refractivity contribution < 1.29 is 0 Å². The molecule has 0 fully saturated rings. The van der Waals surface area contributed by atoms with Crippen LogP contribution in [0.2, 0.25) is 0 Å². The Bertz CT molecular complexity index is 3940. The lowest BCUT2D eigenvalue weighted by atomic mass is 9.85. The van der Waals surface area contributed by atoms with Gasteiger partial charge in [-0.2, -0.15) is 0 Å². The molecule has 11 aromatic carbocycles. The van der Waals surface area contributed by atoms with E-state index >= 15 is 0 Å². The minimum absolute atomic E-state index is 0.662. The van der Waals surface area contributed by atoms with Crippen LogP contribution in [-0.2, 0) is 0 Å². The van der Waals surface area contributed by atoms with Crippen LogP contribution in [0.4, 0.5) is 0 Å². The number of fused-ring (bicyclic) bond motifs is 18. The number of nitrogens with zero attached hydrogens (tertiary/aromatic N) is 5. The zero-order valence-electron chi connectivity index (χ0n) is 32.1. The molecule has 0 aliphatic rings. The number of hydrogen-bond donors (Lipinski definition) is 0. The Labute approximate surface area is 343 Å². The Kier molecular flexibility index (Phi) is 6.95. The van der Waals surface area contributed by atoms with E-state index < -0.39 is 0 Å². The van der Waals surface area contributed by atoms with Gasteiger partial charge < -0.3 is 0 Å². The van der Waals surface area contributed by atoms with E-state index in [1.54, 1.807) is 12.7 Å².